The molecule has 0 amide bonds. The summed E-state index contributed by atoms with van der Waals surface area (Å²) in [4.78, 5) is 8.12. The number of rotatable bonds is 2. The van der Waals surface area contributed by atoms with Gasteiger partial charge in [0.2, 0.25) is 3.57 Å². The van der Waals surface area contributed by atoms with Crippen molar-refractivity contribution in [2.45, 2.75) is 13.8 Å². The van der Waals surface area contributed by atoms with Crippen LogP contribution in [0.4, 0.5) is 0 Å². The molecule has 0 bridgehead atoms. The van der Waals surface area contributed by atoms with E-state index in [4.69, 9.17) is 11.6 Å². The van der Waals surface area contributed by atoms with Crippen LogP contribution in [0.25, 0.3) is 0 Å². The molecule has 0 saturated heterocycles. The average Bonchev–Trinajstić information content (AvgIpc) is 2.26. The topological polar surface area (TPSA) is 48.8 Å². The van der Waals surface area contributed by atoms with Gasteiger partial charge in [-0.2, -0.15) is 0 Å². The van der Waals surface area contributed by atoms with E-state index in [9.17, 15) is 5.11 Å². The second-order valence-corrected chi connectivity index (χ2v) is 6.81. The maximum absolute atomic E-state index is 11.8. The predicted molar refractivity (Wildman–Crippen MR) is 59.8 cm³/mol. The Hall–Kier alpha value is -0.880. The van der Waals surface area contributed by atoms with E-state index in [-0.39, 0.29) is 5.88 Å². The Bertz CT molecular complexity index is 520. The molecule has 3 nitrogen and oxygen atoms in total. The summed E-state index contributed by atoms with van der Waals surface area (Å²) >= 11 is 5.29. The van der Waals surface area contributed by atoms with Crippen LogP contribution in [0, 0.1) is 21.0 Å². The molecule has 0 radical (unpaired) electrons. The summed E-state index contributed by atoms with van der Waals surface area (Å²) in [5.74, 6) is 0.397. The Balaban J connectivity index is 2.33. The zero-order valence-electron chi connectivity index (χ0n) is 9.37. The molecule has 0 aliphatic heterocycles. The van der Waals surface area contributed by atoms with E-state index in [0.717, 1.165) is 12.8 Å². The molecule has 2 rings (SSSR count). The quantitative estimate of drug-likeness (QED) is 0.642. The average molecular weight is 361 g/mol. The summed E-state index contributed by atoms with van der Waals surface area (Å²) in [6, 6.07) is 7.58. The lowest BCUT2D eigenvalue weighted by Crippen LogP contribution is -3.61. The third kappa shape index (κ3) is 3.07. The molecule has 0 aliphatic rings. The molecule has 0 unspecified atom stereocenters. The third-order valence-electron chi connectivity index (χ3n) is 2.11. The summed E-state index contributed by atoms with van der Waals surface area (Å²) in [7, 11) is 0. The van der Waals surface area contributed by atoms with Crippen LogP contribution in [0.3, 0.4) is 0 Å². The van der Waals surface area contributed by atoms with Crippen molar-refractivity contribution < 1.29 is 26.3 Å². The van der Waals surface area contributed by atoms with Gasteiger partial charge in [0.05, 0.1) is 5.69 Å². The Morgan fingerprint density at radius 2 is 1.76 bits per heavy atom. The first-order chi connectivity index (χ1) is 8.06. The van der Waals surface area contributed by atoms with Crippen LogP contribution < -0.4 is 26.3 Å². The van der Waals surface area contributed by atoms with Gasteiger partial charge < -0.3 is 5.11 Å². The molecule has 0 N–H and O–H groups in total. The minimum Gasteiger partial charge on any atom is -0.855 e. The van der Waals surface area contributed by atoms with Crippen molar-refractivity contribution in [1.29, 1.82) is 0 Å². The molecule has 0 fully saturated rings. The smallest absolute Gasteiger partial charge is 0.360 e. The fourth-order valence-corrected chi connectivity index (χ4v) is 3.71. The molecule has 2 aromatic rings. The number of hydrogen-bond acceptors (Lipinski definition) is 3. The van der Waals surface area contributed by atoms with Gasteiger partial charge in [0, 0.05) is 10.9 Å². The lowest BCUT2D eigenvalue weighted by Gasteiger charge is -2.06. The molecule has 0 atom stereocenters. The van der Waals surface area contributed by atoms with Gasteiger partial charge in [0.15, 0.2) is 3.57 Å². The van der Waals surface area contributed by atoms with Gasteiger partial charge in [-0.15, -0.1) is 0 Å². The van der Waals surface area contributed by atoms with E-state index in [1.165, 1.54) is 0 Å². The Morgan fingerprint density at radius 1 is 1.12 bits per heavy atom. The van der Waals surface area contributed by atoms with Gasteiger partial charge in [-0.3, -0.25) is 0 Å². The minimum atomic E-state index is -0.536. The van der Waals surface area contributed by atoms with Crippen molar-refractivity contribution in [2.75, 3.05) is 0 Å². The van der Waals surface area contributed by atoms with Crippen LogP contribution in [0.15, 0.2) is 24.3 Å². The van der Waals surface area contributed by atoms with Crippen molar-refractivity contribution in [3.63, 3.8) is 0 Å². The van der Waals surface area contributed by atoms with Gasteiger partial charge in [0.25, 0.3) is 0 Å². The largest absolute Gasteiger partial charge is 0.855 e. The highest BCUT2D eigenvalue weighted by Crippen LogP contribution is 2.05. The normalized spacial score (nSPS) is 10.5. The lowest BCUT2D eigenvalue weighted by atomic mass is 10.4. The Morgan fingerprint density at radius 3 is 2.35 bits per heavy atom. The number of benzene rings is 1. The minimum absolute atomic E-state index is 0.141. The van der Waals surface area contributed by atoms with Gasteiger partial charge in [-0.25, -0.2) is 9.97 Å². The molecule has 1 aromatic carbocycles. The monoisotopic (exact) mass is 360 g/mol. The first-order valence-corrected chi connectivity index (χ1v) is 7.52. The molecule has 88 valence electrons. The van der Waals surface area contributed by atoms with Crippen LogP contribution in [-0.2, 0) is 0 Å². The number of nitrogens with zero attached hydrogens (tertiary/aromatic N) is 2. The van der Waals surface area contributed by atoms with Gasteiger partial charge in [-0.1, -0.05) is 11.6 Å². The highest BCUT2D eigenvalue weighted by atomic mass is 127. The predicted octanol–water partition coefficient (Wildman–Crippen LogP) is -1.05. The third-order valence-corrected chi connectivity index (χ3v) is 5.48. The zero-order valence-corrected chi connectivity index (χ0v) is 12.3. The van der Waals surface area contributed by atoms with Crippen LogP contribution in [0.5, 0.6) is 5.88 Å². The Labute approximate surface area is 115 Å². The molecule has 5 heteroatoms. The lowest BCUT2D eigenvalue weighted by molar-refractivity contribution is -0.605. The standard InChI is InChI=1S/C12H10ClIN2O/c1-7-11(12(17)16-8(2)15-7)14-10-5-3-9(13)4-6-10/h3-6H,1-2H3. The van der Waals surface area contributed by atoms with Gasteiger partial charge >= 0.3 is 21.2 Å². The molecule has 0 spiro atoms. The van der Waals surface area contributed by atoms with Crippen LogP contribution in [0.2, 0.25) is 5.02 Å². The maximum atomic E-state index is 11.8. The molecule has 0 saturated carbocycles. The maximum Gasteiger partial charge on any atom is 0.360 e. The highest BCUT2D eigenvalue weighted by molar-refractivity contribution is 6.30. The van der Waals surface area contributed by atoms with Crippen molar-refractivity contribution in [2.24, 2.45) is 0 Å². The second-order valence-electron chi connectivity index (χ2n) is 3.51. The summed E-state index contributed by atoms with van der Waals surface area (Å²) in [5, 5.41) is 12.5. The van der Waals surface area contributed by atoms with E-state index in [1.54, 1.807) is 6.92 Å². The second kappa shape index (κ2) is 5.18. The van der Waals surface area contributed by atoms with Crippen LogP contribution in [-0.4, -0.2) is 9.97 Å². The number of hydrogen-bond donors (Lipinski definition) is 0. The van der Waals surface area contributed by atoms with E-state index in [2.05, 4.69) is 9.97 Å². The van der Waals surface area contributed by atoms with E-state index in [0.29, 0.717) is 10.8 Å². The van der Waals surface area contributed by atoms with E-state index < -0.39 is 21.2 Å². The fourth-order valence-electron chi connectivity index (χ4n) is 1.38. The molecular weight excluding hydrogens is 351 g/mol. The van der Waals surface area contributed by atoms with Gasteiger partial charge in [-0.05, 0) is 38.1 Å². The van der Waals surface area contributed by atoms with Gasteiger partial charge in [0.1, 0.15) is 5.82 Å². The zero-order chi connectivity index (χ0) is 12.4. The van der Waals surface area contributed by atoms with E-state index >= 15 is 0 Å². The summed E-state index contributed by atoms with van der Waals surface area (Å²) in [5.41, 5.74) is 0.797. The van der Waals surface area contributed by atoms with Crippen molar-refractivity contribution in [3.05, 3.63) is 47.9 Å². The highest BCUT2D eigenvalue weighted by Gasteiger charge is 2.21. The molecule has 1 heterocycles. The van der Waals surface area contributed by atoms with E-state index in [1.807, 2.05) is 31.2 Å². The first-order valence-electron chi connectivity index (χ1n) is 4.99. The summed E-state index contributed by atoms with van der Waals surface area (Å²) in [6.45, 7) is 3.60. The SMILES string of the molecule is Cc1nc(C)c([I+]c2ccc(Cl)cc2)c([O-])n1. The molecule has 17 heavy (non-hydrogen) atoms. The molecule has 1 aromatic heterocycles. The number of aryl methyl sites for hydroxylation is 2. The van der Waals surface area contributed by atoms with Crippen LogP contribution >= 0.6 is 11.6 Å². The van der Waals surface area contributed by atoms with Crippen molar-refractivity contribution >= 4 is 11.6 Å². The summed E-state index contributed by atoms with van der Waals surface area (Å²) < 4.78 is 1.90. The number of halogens is 2. The summed E-state index contributed by atoms with van der Waals surface area (Å²) in [6.07, 6.45) is 0. The van der Waals surface area contributed by atoms with Crippen LogP contribution in [0.1, 0.15) is 11.5 Å². The number of aromatic nitrogens is 2. The Kier molecular flexibility index (Phi) is 3.83. The molecule has 0 aliphatic carbocycles. The molecular formula is C12H10ClIN2O. The first kappa shape index (κ1) is 12.6. The van der Waals surface area contributed by atoms with Crippen molar-refractivity contribution in [3.8, 4) is 5.88 Å². The fraction of sp³-hybridized carbons (Fsp3) is 0.167. The van der Waals surface area contributed by atoms with Crippen molar-refractivity contribution in [1.82, 2.24) is 9.97 Å².